The van der Waals surface area contributed by atoms with Gasteiger partial charge in [0.2, 0.25) is 0 Å². The molecular weight excluding hydrogens is 224 g/mol. The highest BCUT2D eigenvalue weighted by Crippen LogP contribution is 2.26. The van der Waals surface area contributed by atoms with Crippen molar-refractivity contribution in [1.29, 1.82) is 0 Å². The van der Waals surface area contributed by atoms with Gasteiger partial charge in [-0.15, -0.1) is 11.3 Å². The summed E-state index contributed by atoms with van der Waals surface area (Å²) in [7, 11) is 1.61. The van der Waals surface area contributed by atoms with Gasteiger partial charge < -0.3 is 15.2 Å². The molecular formula is C11H12N2O2S. The van der Waals surface area contributed by atoms with E-state index in [-0.39, 0.29) is 6.61 Å². The van der Waals surface area contributed by atoms with Crippen LogP contribution in [0.25, 0.3) is 0 Å². The molecule has 0 atom stereocenters. The van der Waals surface area contributed by atoms with Gasteiger partial charge in [-0.25, -0.2) is 4.98 Å². The summed E-state index contributed by atoms with van der Waals surface area (Å²) in [5.41, 5.74) is 1.63. The third-order valence-corrected chi connectivity index (χ3v) is 2.85. The summed E-state index contributed by atoms with van der Waals surface area (Å²) >= 11 is 1.51. The van der Waals surface area contributed by atoms with E-state index in [4.69, 9.17) is 4.74 Å². The summed E-state index contributed by atoms with van der Waals surface area (Å²) in [5, 5.41) is 15.0. The van der Waals surface area contributed by atoms with Gasteiger partial charge in [0.25, 0.3) is 0 Å². The fraction of sp³-hybridized carbons (Fsp3) is 0.182. The van der Waals surface area contributed by atoms with E-state index in [1.165, 1.54) is 11.3 Å². The molecule has 4 nitrogen and oxygen atoms in total. The Morgan fingerprint density at radius 2 is 2.38 bits per heavy atom. The highest BCUT2D eigenvalue weighted by molar-refractivity contribution is 7.13. The number of anilines is 2. The highest BCUT2D eigenvalue weighted by atomic mass is 32.1. The molecule has 5 heteroatoms. The molecule has 0 unspecified atom stereocenters. The van der Waals surface area contributed by atoms with Gasteiger partial charge in [-0.2, -0.15) is 0 Å². The van der Waals surface area contributed by atoms with Crippen LogP contribution in [0.4, 0.5) is 10.8 Å². The number of nitrogens with zero attached hydrogens (tertiary/aromatic N) is 1. The summed E-state index contributed by atoms with van der Waals surface area (Å²) in [4.78, 5) is 4.13. The lowest BCUT2D eigenvalue weighted by atomic mass is 10.2. The van der Waals surface area contributed by atoms with Crippen molar-refractivity contribution in [1.82, 2.24) is 4.98 Å². The lowest BCUT2D eigenvalue weighted by Crippen LogP contribution is -1.96. The molecule has 2 aromatic rings. The molecule has 2 N–H and O–H groups in total. The first kappa shape index (κ1) is 10.9. The minimum atomic E-state index is -0.0162. The number of thiazole rings is 1. The third-order valence-electron chi connectivity index (χ3n) is 2.16. The summed E-state index contributed by atoms with van der Waals surface area (Å²) in [6.45, 7) is -0.0162. The molecule has 1 aromatic heterocycles. The zero-order valence-corrected chi connectivity index (χ0v) is 9.62. The molecule has 0 spiro atoms. The van der Waals surface area contributed by atoms with Crippen LogP contribution in [0.15, 0.2) is 29.8 Å². The number of ether oxygens (including phenoxy) is 1. The number of methoxy groups -OCH3 is 1. The number of aliphatic hydroxyl groups excluding tert-OH is 1. The van der Waals surface area contributed by atoms with Gasteiger partial charge in [0, 0.05) is 28.9 Å². The van der Waals surface area contributed by atoms with Crippen LogP contribution < -0.4 is 10.1 Å². The zero-order valence-electron chi connectivity index (χ0n) is 8.80. The molecule has 1 aromatic carbocycles. The molecule has 0 amide bonds. The zero-order chi connectivity index (χ0) is 11.4. The Labute approximate surface area is 97.5 Å². The molecule has 0 saturated carbocycles. The molecule has 0 fully saturated rings. The van der Waals surface area contributed by atoms with E-state index in [9.17, 15) is 5.11 Å². The van der Waals surface area contributed by atoms with Crippen LogP contribution in [0, 0.1) is 0 Å². The van der Waals surface area contributed by atoms with Crippen molar-refractivity contribution >= 4 is 22.2 Å². The Balaban J connectivity index is 2.30. The first-order chi connectivity index (χ1) is 7.83. The predicted octanol–water partition coefficient (Wildman–Crippen LogP) is 2.39. The van der Waals surface area contributed by atoms with Crippen molar-refractivity contribution in [2.45, 2.75) is 6.61 Å². The summed E-state index contributed by atoms with van der Waals surface area (Å²) in [5.74, 6) is 0.747. The van der Waals surface area contributed by atoms with Crippen molar-refractivity contribution < 1.29 is 9.84 Å². The first-order valence-electron chi connectivity index (χ1n) is 4.78. The maximum Gasteiger partial charge on any atom is 0.187 e. The lowest BCUT2D eigenvalue weighted by Gasteiger charge is -2.10. The topological polar surface area (TPSA) is 54.4 Å². The molecule has 0 radical (unpaired) electrons. The van der Waals surface area contributed by atoms with Gasteiger partial charge in [-0.05, 0) is 6.07 Å². The molecule has 16 heavy (non-hydrogen) atoms. The van der Waals surface area contributed by atoms with Gasteiger partial charge >= 0.3 is 0 Å². The Morgan fingerprint density at radius 3 is 3.00 bits per heavy atom. The SMILES string of the molecule is COc1ccc(CO)c(Nc2nccs2)c1. The number of benzene rings is 1. The minimum Gasteiger partial charge on any atom is -0.497 e. The van der Waals surface area contributed by atoms with Crippen LogP contribution in [0.1, 0.15) is 5.56 Å². The monoisotopic (exact) mass is 236 g/mol. The van der Waals surface area contributed by atoms with E-state index in [1.807, 2.05) is 23.6 Å². The maximum atomic E-state index is 9.21. The molecule has 0 aliphatic rings. The van der Waals surface area contributed by atoms with Crippen molar-refractivity contribution in [2.75, 3.05) is 12.4 Å². The Morgan fingerprint density at radius 1 is 1.50 bits per heavy atom. The quantitative estimate of drug-likeness (QED) is 0.855. The van der Waals surface area contributed by atoms with Crippen molar-refractivity contribution in [3.63, 3.8) is 0 Å². The number of nitrogens with one attached hydrogen (secondary N) is 1. The molecule has 2 rings (SSSR count). The summed E-state index contributed by atoms with van der Waals surface area (Å²) in [6, 6.07) is 5.49. The molecule has 84 valence electrons. The molecule has 1 heterocycles. The fourth-order valence-electron chi connectivity index (χ4n) is 1.34. The van der Waals surface area contributed by atoms with E-state index in [0.29, 0.717) is 0 Å². The minimum absolute atomic E-state index is 0.0162. The fourth-order valence-corrected chi connectivity index (χ4v) is 1.88. The van der Waals surface area contributed by atoms with Gasteiger partial charge in [0.15, 0.2) is 5.13 Å². The van der Waals surface area contributed by atoms with Crippen LogP contribution >= 0.6 is 11.3 Å². The van der Waals surface area contributed by atoms with Crippen molar-refractivity contribution in [2.24, 2.45) is 0 Å². The summed E-state index contributed by atoms with van der Waals surface area (Å²) in [6.07, 6.45) is 1.73. The van der Waals surface area contributed by atoms with E-state index in [0.717, 1.165) is 22.1 Å². The second-order valence-electron chi connectivity index (χ2n) is 3.14. The highest BCUT2D eigenvalue weighted by Gasteiger charge is 2.05. The normalized spacial score (nSPS) is 10.1. The largest absolute Gasteiger partial charge is 0.497 e. The van der Waals surface area contributed by atoms with Crippen LogP contribution in [0.2, 0.25) is 0 Å². The van der Waals surface area contributed by atoms with Crippen molar-refractivity contribution in [3.8, 4) is 5.75 Å². The van der Waals surface area contributed by atoms with E-state index in [1.54, 1.807) is 13.3 Å². The van der Waals surface area contributed by atoms with Gasteiger partial charge in [0.05, 0.1) is 13.7 Å². The average molecular weight is 236 g/mol. The standard InChI is InChI=1S/C11H12N2O2S/c1-15-9-3-2-8(7-14)10(6-9)13-11-12-4-5-16-11/h2-6,14H,7H2,1H3,(H,12,13). The van der Waals surface area contributed by atoms with Gasteiger partial charge in [0.1, 0.15) is 5.75 Å². The van der Waals surface area contributed by atoms with Crippen molar-refractivity contribution in [3.05, 3.63) is 35.3 Å². The Kier molecular flexibility index (Phi) is 3.38. The van der Waals surface area contributed by atoms with Gasteiger partial charge in [-0.1, -0.05) is 6.07 Å². The molecule has 0 bridgehead atoms. The molecule has 0 aliphatic carbocycles. The number of hydrogen-bond acceptors (Lipinski definition) is 5. The van der Waals surface area contributed by atoms with Crippen LogP contribution in [-0.4, -0.2) is 17.2 Å². The Hall–Kier alpha value is -1.59. The lowest BCUT2D eigenvalue weighted by molar-refractivity contribution is 0.282. The second-order valence-corrected chi connectivity index (χ2v) is 4.04. The second kappa shape index (κ2) is 4.96. The van der Waals surface area contributed by atoms with Crippen LogP contribution in [0.5, 0.6) is 5.75 Å². The number of hydrogen-bond donors (Lipinski definition) is 2. The van der Waals surface area contributed by atoms with E-state index in [2.05, 4.69) is 10.3 Å². The van der Waals surface area contributed by atoms with E-state index < -0.39 is 0 Å². The molecule has 0 saturated heterocycles. The van der Waals surface area contributed by atoms with Crippen LogP contribution in [0.3, 0.4) is 0 Å². The predicted molar refractivity (Wildman–Crippen MR) is 64.3 cm³/mol. The van der Waals surface area contributed by atoms with Crippen LogP contribution in [-0.2, 0) is 6.61 Å². The maximum absolute atomic E-state index is 9.21. The number of aromatic nitrogens is 1. The smallest absolute Gasteiger partial charge is 0.187 e. The first-order valence-corrected chi connectivity index (χ1v) is 5.65. The Bertz CT molecular complexity index is 457. The number of aliphatic hydroxyl groups is 1. The summed E-state index contributed by atoms with van der Waals surface area (Å²) < 4.78 is 5.13. The number of rotatable bonds is 4. The third kappa shape index (κ3) is 2.32. The van der Waals surface area contributed by atoms with Gasteiger partial charge in [-0.3, -0.25) is 0 Å². The van der Waals surface area contributed by atoms with E-state index >= 15 is 0 Å². The molecule has 0 aliphatic heterocycles. The average Bonchev–Trinajstić information content (AvgIpc) is 2.82.